The van der Waals surface area contributed by atoms with E-state index in [0.717, 1.165) is 19.5 Å². The van der Waals surface area contributed by atoms with E-state index < -0.39 is 4.92 Å². The summed E-state index contributed by atoms with van der Waals surface area (Å²) in [5, 5.41) is 21.2. The van der Waals surface area contributed by atoms with Gasteiger partial charge in [0.15, 0.2) is 0 Å². The lowest BCUT2D eigenvalue weighted by molar-refractivity contribution is -0.384. The van der Waals surface area contributed by atoms with Crippen LogP contribution in [0.5, 0.6) is 0 Å². The Kier molecular flexibility index (Phi) is 5.53. The summed E-state index contributed by atoms with van der Waals surface area (Å²) in [6, 6.07) is 6.15. The van der Waals surface area contributed by atoms with Crippen molar-refractivity contribution >= 4 is 24.0 Å². The highest BCUT2D eigenvalue weighted by molar-refractivity contribution is 6.00. The van der Waals surface area contributed by atoms with E-state index in [1.807, 2.05) is 0 Å². The number of non-ortho nitro benzene ring substituents is 1. The van der Waals surface area contributed by atoms with Gasteiger partial charge in [0.25, 0.3) is 11.6 Å². The Morgan fingerprint density at radius 2 is 2.12 bits per heavy atom. The number of nitrogens with one attached hydrogen (secondary N) is 2. The van der Waals surface area contributed by atoms with Crippen molar-refractivity contribution in [2.24, 2.45) is 7.05 Å². The number of carbonyl (C=O) groups is 1. The first kappa shape index (κ1) is 17.9. The Labute approximate surface area is 144 Å². The molecule has 0 spiro atoms. The number of rotatable bonds is 4. The summed E-state index contributed by atoms with van der Waals surface area (Å²) >= 11 is 0. The highest BCUT2D eigenvalue weighted by Gasteiger charge is 2.22. The molecule has 24 heavy (non-hydrogen) atoms. The maximum atomic E-state index is 12.5. The van der Waals surface area contributed by atoms with E-state index in [-0.39, 0.29) is 30.0 Å². The molecule has 0 saturated carbocycles. The van der Waals surface area contributed by atoms with Crippen LogP contribution < -0.4 is 10.6 Å². The van der Waals surface area contributed by atoms with Crippen LogP contribution in [0.3, 0.4) is 0 Å². The van der Waals surface area contributed by atoms with E-state index in [4.69, 9.17) is 0 Å². The molecule has 2 N–H and O–H groups in total. The van der Waals surface area contributed by atoms with Crippen molar-refractivity contribution in [1.82, 2.24) is 20.4 Å². The van der Waals surface area contributed by atoms with Gasteiger partial charge in [-0.2, -0.15) is 5.10 Å². The molecule has 1 unspecified atom stereocenters. The fourth-order valence-corrected chi connectivity index (χ4v) is 2.65. The second kappa shape index (κ2) is 7.41. The predicted molar refractivity (Wildman–Crippen MR) is 91.3 cm³/mol. The highest BCUT2D eigenvalue weighted by Crippen LogP contribution is 2.24. The average Bonchev–Trinajstić information content (AvgIpc) is 3.16. The van der Waals surface area contributed by atoms with Gasteiger partial charge in [-0.1, -0.05) is 0 Å². The molecule has 0 aliphatic carbocycles. The molecule has 1 fully saturated rings. The van der Waals surface area contributed by atoms with Crippen molar-refractivity contribution in [1.29, 1.82) is 0 Å². The summed E-state index contributed by atoms with van der Waals surface area (Å²) in [7, 11) is 1.74. The zero-order valence-corrected chi connectivity index (χ0v) is 13.9. The number of halogens is 1. The van der Waals surface area contributed by atoms with Crippen LogP contribution in [0.4, 0.5) is 5.69 Å². The molecule has 0 radical (unpaired) electrons. The average molecular weight is 352 g/mol. The first-order chi connectivity index (χ1) is 11.0. The van der Waals surface area contributed by atoms with Gasteiger partial charge in [0.05, 0.1) is 10.5 Å². The van der Waals surface area contributed by atoms with Crippen LogP contribution in [0, 0.1) is 10.1 Å². The number of hydrogen-bond acceptors (Lipinski definition) is 5. The number of benzene rings is 1. The van der Waals surface area contributed by atoms with E-state index in [1.54, 1.807) is 30.1 Å². The van der Waals surface area contributed by atoms with Gasteiger partial charge in [0.2, 0.25) is 0 Å². The minimum absolute atomic E-state index is 0. The topological polar surface area (TPSA) is 102 Å². The number of carbonyl (C=O) groups excluding carboxylic acids is 1. The molecule has 1 aliphatic heterocycles. The van der Waals surface area contributed by atoms with Crippen LogP contribution in [0.1, 0.15) is 16.8 Å². The normalized spacial score (nSPS) is 16.5. The summed E-state index contributed by atoms with van der Waals surface area (Å²) in [4.78, 5) is 22.8. The summed E-state index contributed by atoms with van der Waals surface area (Å²) < 4.78 is 1.57. The molecule has 1 aromatic carbocycles. The second-order valence-corrected chi connectivity index (χ2v) is 5.53. The molecule has 9 heteroatoms. The Balaban J connectivity index is 0.00000208. The van der Waals surface area contributed by atoms with Gasteiger partial charge in [-0.15, -0.1) is 12.4 Å². The molecule has 0 bridgehead atoms. The number of aryl methyl sites for hydroxylation is 1. The van der Waals surface area contributed by atoms with Crippen LogP contribution in [0.25, 0.3) is 11.3 Å². The van der Waals surface area contributed by atoms with Gasteiger partial charge in [-0.3, -0.25) is 19.6 Å². The van der Waals surface area contributed by atoms with Gasteiger partial charge >= 0.3 is 0 Å². The summed E-state index contributed by atoms with van der Waals surface area (Å²) in [5.41, 5.74) is 1.66. The molecule has 1 atom stereocenters. The van der Waals surface area contributed by atoms with Gasteiger partial charge in [-0.05, 0) is 25.1 Å². The van der Waals surface area contributed by atoms with Gasteiger partial charge < -0.3 is 10.6 Å². The van der Waals surface area contributed by atoms with Gasteiger partial charge in [-0.25, -0.2) is 0 Å². The molecule has 3 rings (SSSR count). The predicted octanol–water partition coefficient (Wildman–Crippen LogP) is 1.51. The second-order valence-electron chi connectivity index (χ2n) is 5.53. The van der Waals surface area contributed by atoms with E-state index in [0.29, 0.717) is 16.8 Å². The Morgan fingerprint density at radius 1 is 1.42 bits per heavy atom. The molecular formula is C15H18ClN5O3. The zero-order valence-electron chi connectivity index (χ0n) is 13.1. The van der Waals surface area contributed by atoms with Crippen molar-refractivity contribution in [2.75, 3.05) is 13.1 Å². The van der Waals surface area contributed by atoms with Crippen molar-refractivity contribution < 1.29 is 9.72 Å². The largest absolute Gasteiger partial charge is 0.348 e. The fraction of sp³-hybridized carbons (Fsp3) is 0.333. The van der Waals surface area contributed by atoms with Crippen molar-refractivity contribution in [3.63, 3.8) is 0 Å². The smallest absolute Gasteiger partial charge is 0.269 e. The minimum atomic E-state index is -0.455. The first-order valence-corrected chi connectivity index (χ1v) is 7.34. The SMILES string of the molecule is Cl.Cn1cc(C(=O)NC2CCNC2)c(-c2ccc([N+](=O)[O-])cc2)n1. The van der Waals surface area contributed by atoms with Crippen LogP contribution in [-0.4, -0.2) is 39.7 Å². The van der Waals surface area contributed by atoms with Crippen LogP contribution in [-0.2, 0) is 7.05 Å². The van der Waals surface area contributed by atoms with E-state index >= 15 is 0 Å². The number of hydrogen-bond donors (Lipinski definition) is 2. The lowest BCUT2D eigenvalue weighted by atomic mass is 10.1. The van der Waals surface area contributed by atoms with E-state index in [1.165, 1.54) is 12.1 Å². The molecule has 128 valence electrons. The third kappa shape index (κ3) is 3.72. The molecule has 1 saturated heterocycles. The summed E-state index contributed by atoms with van der Waals surface area (Å²) in [5.74, 6) is -0.180. The third-order valence-corrected chi connectivity index (χ3v) is 3.82. The Morgan fingerprint density at radius 3 is 2.71 bits per heavy atom. The number of nitrogens with zero attached hydrogens (tertiary/aromatic N) is 3. The van der Waals surface area contributed by atoms with Crippen molar-refractivity contribution in [3.05, 3.63) is 46.1 Å². The number of amides is 1. The molecule has 2 aromatic rings. The monoisotopic (exact) mass is 351 g/mol. The Bertz CT molecular complexity index is 738. The van der Waals surface area contributed by atoms with Gasteiger partial charge in [0.1, 0.15) is 5.69 Å². The number of nitro benzene ring substituents is 1. The fourth-order valence-electron chi connectivity index (χ4n) is 2.65. The quantitative estimate of drug-likeness (QED) is 0.642. The summed E-state index contributed by atoms with van der Waals surface area (Å²) in [6.45, 7) is 1.66. The molecule has 1 aliphatic rings. The minimum Gasteiger partial charge on any atom is -0.348 e. The molecule has 1 amide bonds. The molecule has 2 heterocycles. The third-order valence-electron chi connectivity index (χ3n) is 3.82. The number of nitro groups is 1. The van der Waals surface area contributed by atoms with E-state index in [9.17, 15) is 14.9 Å². The maximum absolute atomic E-state index is 12.5. The van der Waals surface area contributed by atoms with Crippen molar-refractivity contribution in [2.45, 2.75) is 12.5 Å². The van der Waals surface area contributed by atoms with Crippen LogP contribution >= 0.6 is 12.4 Å². The lowest BCUT2D eigenvalue weighted by Gasteiger charge is -2.11. The van der Waals surface area contributed by atoms with Crippen LogP contribution in [0.2, 0.25) is 0 Å². The molecule has 1 aromatic heterocycles. The highest BCUT2D eigenvalue weighted by atomic mass is 35.5. The molecular weight excluding hydrogens is 334 g/mol. The van der Waals surface area contributed by atoms with Crippen molar-refractivity contribution in [3.8, 4) is 11.3 Å². The van der Waals surface area contributed by atoms with E-state index in [2.05, 4.69) is 15.7 Å². The Hall–Kier alpha value is -2.45. The van der Waals surface area contributed by atoms with Crippen LogP contribution in [0.15, 0.2) is 30.5 Å². The van der Waals surface area contributed by atoms with Gasteiger partial charge in [0, 0.05) is 43.5 Å². The summed E-state index contributed by atoms with van der Waals surface area (Å²) in [6.07, 6.45) is 2.56. The standard InChI is InChI=1S/C15H17N5O3.ClH/c1-19-9-13(15(21)17-11-6-7-16-8-11)14(18-19)10-2-4-12(5-3-10)20(22)23;/h2-5,9,11,16H,6-8H2,1H3,(H,17,21);1H. The maximum Gasteiger partial charge on any atom is 0.269 e. The first-order valence-electron chi connectivity index (χ1n) is 7.34. The zero-order chi connectivity index (χ0) is 16.4. The number of aromatic nitrogens is 2. The lowest BCUT2D eigenvalue weighted by Crippen LogP contribution is -2.36. The molecule has 8 nitrogen and oxygen atoms in total.